The third-order valence-corrected chi connectivity index (χ3v) is 6.53. The lowest BCUT2D eigenvalue weighted by molar-refractivity contribution is 0.477. The number of rotatable bonds is 2. The second kappa shape index (κ2) is 5.68. The van der Waals surface area contributed by atoms with E-state index in [-0.39, 0.29) is 28.1 Å². The monoisotopic (exact) mass is 395 g/mol. The summed E-state index contributed by atoms with van der Waals surface area (Å²) in [6.07, 6.45) is 1.74. The topological polar surface area (TPSA) is 101 Å². The van der Waals surface area contributed by atoms with Crippen molar-refractivity contribution in [3.05, 3.63) is 63.9 Å². The minimum absolute atomic E-state index is 0.0396. The van der Waals surface area contributed by atoms with Gasteiger partial charge in [-0.3, -0.25) is 4.79 Å². The van der Waals surface area contributed by atoms with Gasteiger partial charge in [-0.2, -0.15) is 8.42 Å². The summed E-state index contributed by atoms with van der Waals surface area (Å²) in [5.74, 6) is -0.406. The van der Waals surface area contributed by atoms with E-state index in [4.69, 9.17) is 0 Å². The fraction of sp³-hybridized carbons (Fsp3) is 0.200. The van der Waals surface area contributed by atoms with Crippen molar-refractivity contribution in [2.75, 3.05) is 5.32 Å². The molecular formula is C20H17N3O4S. The van der Waals surface area contributed by atoms with Crippen molar-refractivity contribution >= 4 is 32.4 Å². The maximum Gasteiger partial charge on any atom is 0.286 e. The number of fused-ring (bicyclic) bond motifs is 2. The first-order valence-electron chi connectivity index (χ1n) is 8.96. The number of aromatic nitrogens is 1. The molecule has 1 aliphatic carbocycles. The highest BCUT2D eigenvalue weighted by molar-refractivity contribution is 7.90. The van der Waals surface area contributed by atoms with Gasteiger partial charge in [0.25, 0.3) is 15.6 Å². The van der Waals surface area contributed by atoms with Gasteiger partial charge in [0.1, 0.15) is 16.2 Å². The molecule has 8 heteroatoms. The van der Waals surface area contributed by atoms with Crippen LogP contribution in [0.2, 0.25) is 0 Å². The molecule has 1 aliphatic heterocycles. The summed E-state index contributed by atoms with van der Waals surface area (Å²) >= 11 is 0. The van der Waals surface area contributed by atoms with Crippen LogP contribution in [0.4, 0.5) is 5.69 Å². The van der Waals surface area contributed by atoms with E-state index in [1.807, 2.05) is 19.1 Å². The molecule has 28 heavy (non-hydrogen) atoms. The molecule has 0 spiro atoms. The Morgan fingerprint density at radius 3 is 2.64 bits per heavy atom. The fourth-order valence-electron chi connectivity index (χ4n) is 3.75. The van der Waals surface area contributed by atoms with Gasteiger partial charge in [-0.05, 0) is 43.5 Å². The number of amidine groups is 1. The standard InChI is InChI=1S/C20H17N3O4S/c1-11-5-4-7-14-16(11)18(24)17(20(25)23(14)12-9-10-12)19-21-13-6-2-3-8-15(13)28(26,27)22-19/h2-8,12,24H,9-10H2,1H3,(H,21,22). The number of hydrogen-bond donors (Lipinski definition) is 2. The van der Waals surface area contributed by atoms with E-state index in [0.717, 1.165) is 18.4 Å². The van der Waals surface area contributed by atoms with E-state index >= 15 is 0 Å². The number of nitrogens with one attached hydrogen (secondary N) is 1. The lowest BCUT2D eigenvalue weighted by atomic mass is 10.0. The van der Waals surface area contributed by atoms with E-state index < -0.39 is 15.6 Å². The van der Waals surface area contributed by atoms with Crippen LogP contribution in [0.5, 0.6) is 5.75 Å². The highest BCUT2D eigenvalue weighted by atomic mass is 32.2. The van der Waals surface area contributed by atoms with Gasteiger partial charge in [0, 0.05) is 11.4 Å². The van der Waals surface area contributed by atoms with Gasteiger partial charge >= 0.3 is 0 Å². The maximum absolute atomic E-state index is 13.3. The lowest BCUT2D eigenvalue weighted by Gasteiger charge is -2.21. The van der Waals surface area contributed by atoms with Crippen LogP contribution in [0, 0.1) is 6.92 Å². The molecule has 1 fully saturated rings. The predicted octanol–water partition coefficient (Wildman–Crippen LogP) is 2.91. The van der Waals surface area contributed by atoms with Crippen LogP contribution < -0.4 is 10.9 Å². The number of pyridine rings is 1. The normalized spacial score (nSPS) is 17.7. The van der Waals surface area contributed by atoms with Gasteiger partial charge in [0.15, 0.2) is 5.84 Å². The molecule has 0 radical (unpaired) electrons. The molecule has 0 saturated heterocycles. The van der Waals surface area contributed by atoms with Crippen LogP contribution in [0.1, 0.15) is 30.0 Å². The molecule has 2 aromatic carbocycles. The molecule has 7 nitrogen and oxygen atoms in total. The number of anilines is 1. The minimum atomic E-state index is -3.99. The van der Waals surface area contributed by atoms with E-state index in [1.54, 1.807) is 28.8 Å². The van der Waals surface area contributed by atoms with Gasteiger partial charge in [0.2, 0.25) is 0 Å². The Bertz CT molecular complexity index is 1350. The first-order chi connectivity index (χ1) is 13.4. The number of sulfonamides is 1. The fourth-order valence-corrected chi connectivity index (χ4v) is 4.87. The number of benzene rings is 2. The molecule has 142 valence electrons. The number of para-hydroxylation sites is 1. The number of nitrogens with zero attached hydrogens (tertiary/aromatic N) is 2. The average Bonchev–Trinajstić information content (AvgIpc) is 3.46. The summed E-state index contributed by atoms with van der Waals surface area (Å²) < 4.78 is 30.7. The van der Waals surface area contributed by atoms with E-state index in [2.05, 4.69) is 9.71 Å². The smallest absolute Gasteiger partial charge is 0.286 e. The zero-order valence-electron chi connectivity index (χ0n) is 15.0. The van der Waals surface area contributed by atoms with Crippen molar-refractivity contribution in [3.8, 4) is 5.75 Å². The molecule has 3 aromatic rings. The SMILES string of the molecule is Cc1cccc2c1c(O)c(C1=NS(=O)(=O)c3ccccc3N1)c(=O)n2C1CC1. The Morgan fingerprint density at radius 2 is 1.89 bits per heavy atom. The van der Waals surface area contributed by atoms with Crippen molar-refractivity contribution in [2.24, 2.45) is 4.40 Å². The Labute approximate surface area is 161 Å². The molecule has 0 atom stereocenters. The number of aromatic hydroxyl groups is 1. The molecule has 1 saturated carbocycles. The summed E-state index contributed by atoms with van der Waals surface area (Å²) in [6.45, 7) is 1.84. The van der Waals surface area contributed by atoms with Gasteiger partial charge in [-0.15, -0.1) is 4.40 Å². The molecule has 0 amide bonds. The zero-order chi connectivity index (χ0) is 19.6. The first-order valence-corrected chi connectivity index (χ1v) is 10.4. The molecule has 5 rings (SSSR count). The van der Waals surface area contributed by atoms with Crippen molar-refractivity contribution in [1.82, 2.24) is 4.57 Å². The van der Waals surface area contributed by atoms with Crippen LogP contribution in [-0.2, 0) is 10.0 Å². The third kappa shape index (κ3) is 2.37. The molecule has 1 aromatic heterocycles. The first kappa shape index (κ1) is 17.0. The second-order valence-electron chi connectivity index (χ2n) is 7.14. The molecule has 0 bridgehead atoms. The van der Waals surface area contributed by atoms with Crippen LogP contribution in [-0.4, -0.2) is 23.9 Å². The Morgan fingerprint density at radius 1 is 1.14 bits per heavy atom. The summed E-state index contributed by atoms with van der Waals surface area (Å²) in [5, 5.41) is 14.4. The Kier molecular flexibility index (Phi) is 3.45. The van der Waals surface area contributed by atoms with Gasteiger partial charge in [-0.25, -0.2) is 0 Å². The zero-order valence-corrected chi connectivity index (χ0v) is 15.8. The van der Waals surface area contributed by atoms with E-state index in [0.29, 0.717) is 16.6 Å². The molecule has 2 N–H and O–H groups in total. The molecule has 0 unspecified atom stereocenters. The molecule has 2 aliphatic rings. The van der Waals surface area contributed by atoms with Crippen molar-refractivity contribution in [1.29, 1.82) is 0 Å². The van der Waals surface area contributed by atoms with E-state index in [9.17, 15) is 18.3 Å². The Balaban J connectivity index is 1.85. The predicted molar refractivity (Wildman–Crippen MR) is 107 cm³/mol. The molecular weight excluding hydrogens is 378 g/mol. The van der Waals surface area contributed by atoms with Crippen LogP contribution >= 0.6 is 0 Å². The van der Waals surface area contributed by atoms with Crippen LogP contribution in [0.15, 0.2) is 56.6 Å². The van der Waals surface area contributed by atoms with Gasteiger partial charge in [-0.1, -0.05) is 24.3 Å². The van der Waals surface area contributed by atoms with E-state index in [1.165, 1.54) is 6.07 Å². The lowest BCUT2D eigenvalue weighted by Crippen LogP contribution is -2.32. The van der Waals surface area contributed by atoms with Gasteiger partial charge in [0.05, 0.1) is 11.2 Å². The van der Waals surface area contributed by atoms with Crippen molar-refractivity contribution < 1.29 is 13.5 Å². The summed E-state index contributed by atoms with van der Waals surface area (Å²) in [6, 6.07) is 11.9. The van der Waals surface area contributed by atoms with Gasteiger partial charge < -0.3 is 15.0 Å². The summed E-state index contributed by atoms with van der Waals surface area (Å²) in [4.78, 5) is 13.3. The largest absolute Gasteiger partial charge is 0.506 e. The maximum atomic E-state index is 13.3. The minimum Gasteiger partial charge on any atom is -0.506 e. The van der Waals surface area contributed by atoms with Crippen molar-refractivity contribution in [2.45, 2.75) is 30.7 Å². The van der Waals surface area contributed by atoms with Crippen molar-refractivity contribution in [3.63, 3.8) is 0 Å². The highest BCUT2D eigenvalue weighted by Gasteiger charge is 2.33. The quantitative estimate of drug-likeness (QED) is 0.695. The highest BCUT2D eigenvalue weighted by Crippen LogP contribution is 2.39. The number of hydrogen-bond acceptors (Lipinski definition) is 5. The van der Waals surface area contributed by atoms with Crippen LogP contribution in [0.3, 0.4) is 0 Å². The number of aryl methyl sites for hydroxylation is 1. The van der Waals surface area contributed by atoms with Crippen LogP contribution in [0.25, 0.3) is 10.9 Å². The second-order valence-corrected chi connectivity index (χ2v) is 8.71. The summed E-state index contributed by atoms with van der Waals surface area (Å²) in [5.41, 5.74) is 1.21. The summed E-state index contributed by atoms with van der Waals surface area (Å²) in [7, 11) is -3.99. The molecule has 2 heterocycles. The Hall–Kier alpha value is -3.13. The third-order valence-electron chi connectivity index (χ3n) is 5.19. The average molecular weight is 395 g/mol.